The fourth-order valence-corrected chi connectivity index (χ4v) is 2.32. The number of hydrogen-bond acceptors (Lipinski definition) is 2. The predicted octanol–water partition coefficient (Wildman–Crippen LogP) is 2.98. The maximum Gasteiger partial charge on any atom is 0.251 e. The van der Waals surface area contributed by atoms with Crippen LogP contribution in [-0.4, -0.2) is 11.9 Å². The summed E-state index contributed by atoms with van der Waals surface area (Å²) in [6.45, 7) is 0. The standard InChI is InChI=1S/C13H17ClN2O/c14-11-7-6-9(8-12(11)15)13(17)16-10-4-2-1-3-5-10/h6-8,10H,1-5,15H2,(H,16,17). The molecule has 0 aliphatic heterocycles. The summed E-state index contributed by atoms with van der Waals surface area (Å²) < 4.78 is 0. The molecule has 0 saturated heterocycles. The molecule has 1 saturated carbocycles. The molecule has 0 bridgehead atoms. The van der Waals surface area contributed by atoms with E-state index in [1.165, 1.54) is 19.3 Å². The normalized spacial score (nSPS) is 16.8. The lowest BCUT2D eigenvalue weighted by molar-refractivity contribution is 0.0928. The van der Waals surface area contributed by atoms with E-state index in [0.717, 1.165) is 12.8 Å². The zero-order valence-corrected chi connectivity index (χ0v) is 10.5. The molecule has 0 atom stereocenters. The van der Waals surface area contributed by atoms with Crippen molar-refractivity contribution < 1.29 is 4.79 Å². The monoisotopic (exact) mass is 252 g/mol. The van der Waals surface area contributed by atoms with E-state index in [1.807, 2.05) is 0 Å². The maximum atomic E-state index is 12.0. The van der Waals surface area contributed by atoms with Crippen LogP contribution in [0, 0.1) is 0 Å². The third-order valence-electron chi connectivity index (χ3n) is 3.20. The molecule has 3 N–H and O–H groups in total. The molecule has 0 radical (unpaired) electrons. The Morgan fingerprint density at radius 1 is 1.29 bits per heavy atom. The number of anilines is 1. The van der Waals surface area contributed by atoms with Gasteiger partial charge < -0.3 is 11.1 Å². The number of carbonyl (C=O) groups is 1. The fraction of sp³-hybridized carbons (Fsp3) is 0.462. The number of hydrogen-bond donors (Lipinski definition) is 2. The Balaban J connectivity index is 2.01. The Hall–Kier alpha value is -1.22. The van der Waals surface area contributed by atoms with Crippen LogP contribution in [0.25, 0.3) is 0 Å². The minimum Gasteiger partial charge on any atom is -0.398 e. The highest BCUT2D eigenvalue weighted by Gasteiger charge is 2.16. The summed E-state index contributed by atoms with van der Waals surface area (Å²) in [6, 6.07) is 5.30. The van der Waals surface area contributed by atoms with E-state index < -0.39 is 0 Å². The number of benzene rings is 1. The van der Waals surface area contributed by atoms with Crippen LogP contribution >= 0.6 is 11.6 Å². The van der Waals surface area contributed by atoms with Crippen LogP contribution < -0.4 is 11.1 Å². The number of carbonyl (C=O) groups excluding carboxylic acids is 1. The third kappa shape index (κ3) is 3.13. The van der Waals surface area contributed by atoms with Crippen LogP contribution in [-0.2, 0) is 0 Å². The second kappa shape index (κ2) is 5.41. The molecule has 1 fully saturated rings. The van der Waals surface area contributed by atoms with Gasteiger partial charge in [-0.1, -0.05) is 30.9 Å². The van der Waals surface area contributed by atoms with Gasteiger partial charge in [-0.25, -0.2) is 0 Å². The van der Waals surface area contributed by atoms with Crippen molar-refractivity contribution in [1.82, 2.24) is 5.32 Å². The summed E-state index contributed by atoms with van der Waals surface area (Å²) in [7, 11) is 0. The average Bonchev–Trinajstić information content (AvgIpc) is 2.34. The largest absolute Gasteiger partial charge is 0.398 e. The lowest BCUT2D eigenvalue weighted by Crippen LogP contribution is -2.36. The molecule has 0 aromatic heterocycles. The Labute approximate surface area is 106 Å². The van der Waals surface area contributed by atoms with Gasteiger partial charge in [0.25, 0.3) is 5.91 Å². The second-order valence-electron chi connectivity index (χ2n) is 4.54. The minimum absolute atomic E-state index is 0.0553. The maximum absolute atomic E-state index is 12.0. The number of nitrogens with two attached hydrogens (primary N) is 1. The quantitative estimate of drug-likeness (QED) is 0.795. The van der Waals surface area contributed by atoms with Crippen molar-refractivity contribution >= 4 is 23.2 Å². The molecule has 92 valence electrons. The first-order valence-corrected chi connectivity index (χ1v) is 6.40. The van der Waals surface area contributed by atoms with Crippen molar-refractivity contribution in [3.05, 3.63) is 28.8 Å². The van der Waals surface area contributed by atoms with E-state index in [2.05, 4.69) is 5.32 Å². The van der Waals surface area contributed by atoms with Crippen molar-refractivity contribution in [3.8, 4) is 0 Å². The molecular weight excluding hydrogens is 236 g/mol. The van der Waals surface area contributed by atoms with Crippen LogP contribution in [0.3, 0.4) is 0 Å². The number of rotatable bonds is 2. The van der Waals surface area contributed by atoms with Crippen molar-refractivity contribution in [2.45, 2.75) is 38.1 Å². The molecule has 1 aromatic carbocycles. The van der Waals surface area contributed by atoms with Gasteiger partial charge in [-0.05, 0) is 31.0 Å². The SMILES string of the molecule is Nc1cc(C(=O)NC2CCCCC2)ccc1Cl. The summed E-state index contributed by atoms with van der Waals surface area (Å²) in [5.74, 6) is -0.0553. The number of amides is 1. The highest BCUT2D eigenvalue weighted by atomic mass is 35.5. The van der Waals surface area contributed by atoms with Gasteiger partial charge in [0.15, 0.2) is 0 Å². The van der Waals surface area contributed by atoms with Crippen molar-refractivity contribution in [1.29, 1.82) is 0 Å². The molecule has 4 heteroatoms. The first kappa shape index (κ1) is 12.2. The summed E-state index contributed by atoms with van der Waals surface area (Å²) in [4.78, 5) is 12.0. The van der Waals surface area contributed by atoms with Gasteiger partial charge in [-0.15, -0.1) is 0 Å². The van der Waals surface area contributed by atoms with Crippen molar-refractivity contribution in [2.24, 2.45) is 0 Å². The van der Waals surface area contributed by atoms with Gasteiger partial charge in [0.2, 0.25) is 0 Å². The Morgan fingerprint density at radius 2 is 2.00 bits per heavy atom. The van der Waals surface area contributed by atoms with Crippen LogP contribution in [0.5, 0.6) is 0 Å². The van der Waals surface area contributed by atoms with E-state index in [1.54, 1.807) is 18.2 Å². The molecule has 0 unspecified atom stereocenters. The van der Waals surface area contributed by atoms with Gasteiger partial charge in [0.05, 0.1) is 10.7 Å². The number of halogens is 1. The number of nitrogens with one attached hydrogen (secondary N) is 1. The zero-order chi connectivity index (χ0) is 12.3. The lowest BCUT2D eigenvalue weighted by atomic mass is 9.95. The molecular formula is C13H17ClN2O. The first-order chi connectivity index (χ1) is 8.16. The molecule has 1 amide bonds. The highest BCUT2D eigenvalue weighted by molar-refractivity contribution is 6.33. The summed E-state index contributed by atoms with van der Waals surface area (Å²) in [5, 5.41) is 3.53. The topological polar surface area (TPSA) is 55.1 Å². The molecule has 1 aromatic rings. The van der Waals surface area contributed by atoms with Crippen LogP contribution in [0.1, 0.15) is 42.5 Å². The molecule has 3 nitrogen and oxygen atoms in total. The number of nitrogen functional groups attached to an aromatic ring is 1. The van der Waals surface area contributed by atoms with Crippen molar-refractivity contribution in [2.75, 3.05) is 5.73 Å². The molecule has 0 heterocycles. The zero-order valence-electron chi connectivity index (χ0n) is 9.71. The highest BCUT2D eigenvalue weighted by Crippen LogP contribution is 2.21. The third-order valence-corrected chi connectivity index (χ3v) is 3.54. The Bertz CT molecular complexity index is 414. The first-order valence-electron chi connectivity index (χ1n) is 6.02. The molecule has 1 aliphatic carbocycles. The summed E-state index contributed by atoms with van der Waals surface area (Å²) >= 11 is 5.82. The van der Waals surface area contributed by atoms with E-state index in [4.69, 9.17) is 17.3 Å². The predicted molar refractivity (Wildman–Crippen MR) is 70.2 cm³/mol. The van der Waals surface area contributed by atoms with Gasteiger partial charge in [-0.2, -0.15) is 0 Å². The molecule has 17 heavy (non-hydrogen) atoms. The van der Waals surface area contributed by atoms with E-state index in [-0.39, 0.29) is 5.91 Å². The second-order valence-corrected chi connectivity index (χ2v) is 4.95. The van der Waals surface area contributed by atoms with Gasteiger partial charge in [0, 0.05) is 11.6 Å². The van der Waals surface area contributed by atoms with Crippen LogP contribution in [0.15, 0.2) is 18.2 Å². The van der Waals surface area contributed by atoms with Crippen LogP contribution in [0.4, 0.5) is 5.69 Å². The molecule has 0 spiro atoms. The molecule has 1 aliphatic rings. The van der Waals surface area contributed by atoms with Crippen LogP contribution in [0.2, 0.25) is 5.02 Å². The average molecular weight is 253 g/mol. The Morgan fingerprint density at radius 3 is 2.65 bits per heavy atom. The Kier molecular flexibility index (Phi) is 3.89. The lowest BCUT2D eigenvalue weighted by Gasteiger charge is -2.22. The van der Waals surface area contributed by atoms with Gasteiger partial charge in [0.1, 0.15) is 0 Å². The van der Waals surface area contributed by atoms with E-state index in [9.17, 15) is 4.79 Å². The summed E-state index contributed by atoms with van der Waals surface area (Å²) in [5.41, 5.74) is 6.71. The summed E-state index contributed by atoms with van der Waals surface area (Å²) in [6.07, 6.45) is 5.84. The van der Waals surface area contributed by atoms with Crippen molar-refractivity contribution in [3.63, 3.8) is 0 Å². The van der Waals surface area contributed by atoms with E-state index >= 15 is 0 Å². The molecule has 2 rings (SSSR count). The fourth-order valence-electron chi connectivity index (χ4n) is 2.20. The van der Waals surface area contributed by atoms with Gasteiger partial charge >= 0.3 is 0 Å². The van der Waals surface area contributed by atoms with Gasteiger partial charge in [-0.3, -0.25) is 4.79 Å². The van der Waals surface area contributed by atoms with E-state index in [0.29, 0.717) is 22.3 Å². The smallest absolute Gasteiger partial charge is 0.251 e. The minimum atomic E-state index is -0.0553.